The number of aliphatic hydroxyl groups excluding tert-OH is 9. The SMILES string of the molecule is O=c1c(O[C@@H]2O[C@H](CO)[C@@H](O)[C@H](O)[C@H]2O[C@@H]2OC[C@](O)(CO)[C@H]2O)c(-c2ccc(O[C@@H]3O[C@H](CO)[C@@H](O)[C@H](O)[C@H]3O)cc2)oc2cc(O)cc(O)c12. The van der Waals surface area contributed by atoms with Crippen molar-refractivity contribution in [1.29, 1.82) is 0 Å². The lowest BCUT2D eigenvalue weighted by atomic mass is 9.98. The number of ether oxygens (including phenoxy) is 6. The summed E-state index contributed by atoms with van der Waals surface area (Å²) in [5.74, 6) is -2.21. The number of fused-ring (bicyclic) bond motifs is 1. The molecule has 0 radical (unpaired) electrons. The second-order valence-corrected chi connectivity index (χ2v) is 12.6. The summed E-state index contributed by atoms with van der Waals surface area (Å²) in [6.45, 7) is -3.07. The molecule has 6 rings (SSSR count). The lowest BCUT2D eigenvalue weighted by Crippen LogP contribution is -2.62. The number of phenolic OH excluding ortho intramolecular Hbond substituents is 2. The second kappa shape index (κ2) is 15.0. The predicted octanol–water partition coefficient (Wildman–Crippen LogP) is -4.31. The van der Waals surface area contributed by atoms with Crippen LogP contribution in [0.3, 0.4) is 0 Å². The highest BCUT2D eigenvalue weighted by molar-refractivity contribution is 5.88. The fourth-order valence-electron chi connectivity index (χ4n) is 6.03. The summed E-state index contributed by atoms with van der Waals surface area (Å²) in [5.41, 5.74) is -3.42. The Bertz CT molecular complexity index is 1770. The smallest absolute Gasteiger partial charge is 0.239 e. The number of rotatable bonds is 10. The van der Waals surface area contributed by atoms with E-state index in [0.29, 0.717) is 0 Å². The van der Waals surface area contributed by atoms with Crippen LogP contribution in [0, 0.1) is 0 Å². The van der Waals surface area contributed by atoms with Gasteiger partial charge in [0.05, 0.1) is 26.4 Å². The first-order valence-electron chi connectivity index (χ1n) is 15.9. The van der Waals surface area contributed by atoms with Crippen molar-refractivity contribution in [2.45, 2.75) is 79.4 Å². The van der Waals surface area contributed by atoms with Crippen molar-refractivity contribution < 1.29 is 94.1 Å². The summed E-state index contributed by atoms with van der Waals surface area (Å²) in [4.78, 5) is 14.0. The molecule has 1 aromatic heterocycles. The Kier molecular flexibility index (Phi) is 10.9. The van der Waals surface area contributed by atoms with E-state index in [1.807, 2.05) is 0 Å². The van der Waals surface area contributed by atoms with Crippen LogP contribution in [0.2, 0.25) is 0 Å². The van der Waals surface area contributed by atoms with E-state index in [4.69, 9.17) is 32.8 Å². The zero-order chi connectivity index (χ0) is 37.6. The standard InChI is InChI=1S/C32H38O20/c33-7-16-19(38)22(41)24(43)29(49-16)47-13-3-1-11(2-4-13)25-26(21(40)18-14(37)5-12(36)6-15(18)48-25)51-30-27(23(42)20(39)17(8-34)50-30)52-31-28(44)32(45,9-35)10-46-31/h1-6,16-17,19-20,22-24,27-31,33-39,41-45H,7-10H2/t16-,17-,19-,20-,22+,23+,24-,27-,28+,29-,30+,31+,32-/m1/s1. The van der Waals surface area contributed by atoms with Gasteiger partial charge in [-0.15, -0.1) is 0 Å². The van der Waals surface area contributed by atoms with Gasteiger partial charge in [0, 0.05) is 17.7 Å². The molecule has 0 amide bonds. The van der Waals surface area contributed by atoms with Gasteiger partial charge in [-0.3, -0.25) is 4.79 Å². The fourth-order valence-corrected chi connectivity index (χ4v) is 6.03. The Hall–Kier alpha value is -3.71. The molecule has 13 atom stereocenters. The summed E-state index contributed by atoms with van der Waals surface area (Å²) in [7, 11) is 0. The molecule has 52 heavy (non-hydrogen) atoms. The van der Waals surface area contributed by atoms with Crippen molar-refractivity contribution in [2.24, 2.45) is 0 Å². The molecule has 3 aliphatic heterocycles. The van der Waals surface area contributed by atoms with Gasteiger partial charge in [0.25, 0.3) is 0 Å². The quantitative estimate of drug-likeness (QED) is 0.0934. The molecular weight excluding hydrogens is 704 g/mol. The summed E-state index contributed by atoms with van der Waals surface area (Å²) >= 11 is 0. The number of hydrogen-bond donors (Lipinski definition) is 12. The zero-order valence-corrected chi connectivity index (χ0v) is 26.9. The average molecular weight is 743 g/mol. The average Bonchev–Trinajstić information content (AvgIpc) is 3.41. The molecule has 4 heterocycles. The van der Waals surface area contributed by atoms with E-state index in [0.717, 1.165) is 12.1 Å². The Morgan fingerprint density at radius 3 is 2.02 bits per heavy atom. The van der Waals surface area contributed by atoms with Crippen LogP contribution in [-0.2, 0) is 18.9 Å². The Morgan fingerprint density at radius 1 is 0.769 bits per heavy atom. The number of aromatic hydroxyl groups is 2. The maximum Gasteiger partial charge on any atom is 0.239 e. The van der Waals surface area contributed by atoms with Crippen LogP contribution in [0.5, 0.6) is 23.0 Å². The normalized spacial score (nSPS) is 36.6. The van der Waals surface area contributed by atoms with E-state index in [-0.39, 0.29) is 22.7 Å². The molecule has 3 aliphatic rings. The van der Waals surface area contributed by atoms with Crippen molar-refractivity contribution in [2.75, 3.05) is 26.4 Å². The van der Waals surface area contributed by atoms with Gasteiger partial charge in [0.15, 0.2) is 18.2 Å². The largest absolute Gasteiger partial charge is 0.508 e. The number of phenols is 2. The first-order chi connectivity index (χ1) is 24.7. The summed E-state index contributed by atoms with van der Waals surface area (Å²) < 4.78 is 39.4. The number of benzene rings is 2. The molecular formula is C32H38O20. The highest BCUT2D eigenvalue weighted by atomic mass is 16.8. The predicted molar refractivity (Wildman–Crippen MR) is 167 cm³/mol. The van der Waals surface area contributed by atoms with Crippen LogP contribution in [0.4, 0.5) is 0 Å². The molecule has 0 unspecified atom stereocenters. The van der Waals surface area contributed by atoms with Gasteiger partial charge in [0.2, 0.25) is 23.8 Å². The zero-order valence-electron chi connectivity index (χ0n) is 26.9. The molecule has 3 aromatic rings. The lowest BCUT2D eigenvalue weighted by Gasteiger charge is -2.42. The van der Waals surface area contributed by atoms with Crippen LogP contribution in [0.15, 0.2) is 45.6 Å². The van der Waals surface area contributed by atoms with Crippen molar-refractivity contribution >= 4 is 11.0 Å². The minimum Gasteiger partial charge on any atom is -0.508 e. The lowest BCUT2D eigenvalue weighted by molar-refractivity contribution is -0.319. The van der Waals surface area contributed by atoms with Crippen LogP contribution < -0.4 is 14.9 Å². The van der Waals surface area contributed by atoms with Gasteiger partial charge in [-0.05, 0) is 24.3 Å². The summed E-state index contributed by atoms with van der Waals surface area (Å²) in [5, 5.41) is 122. The minimum atomic E-state index is -2.15. The van der Waals surface area contributed by atoms with E-state index >= 15 is 0 Å². The number of hydrogen-bond acceptors (Lipinski definition) is 20. The molecule has 0 bridgehead atoms. The molecule has 20 heteroatoms. The summed E-state index contributed by atoms with van der Waals surface area (Å²) in [6.07, 6.45) is -20.4. The van der Waals surface area contributed by atoms with E-state index in [2.05, 4.69) is 0 Å². The second-order valence-electron chi connectivity index (χ2n) is 12.6. The molecule has 20 nitrogen and oxygen atoms in total. The van der Waals surface area contributed by atoms with Gasteiger partial charge in [-0.1, -0.05) is 0 Å². The van der Waals surface area contributed by atoms with Gasteiger partial charge in [-0.2, -0.15) is 0 Å². The van der Waals surface area contributed by atoms with E-state index in [9.17, 15) is 66.1 Å². The Labute approximate surface area is 292 Å². The first kappa shape index (κ1) is 38.0. The fraction of sp³-hybridized carbons (Fsp3) is 0.531. The minimum absolute atomic E-state index is 0.0268. The van der Waals surface area contributed by atoms with Crippen LogP contribution in [0.1, 0.15) is 0 Å². The van der Waals surface area contributed by atoms with Crippen molar-refractivity contribution in [1.82, 2.24) is 0 Å². The molecule has 3 saturated heterocycles. The van der Waals surface area contributed by atoms with E-state index in [1.165, 1.54) is 24.3 Å². The van der Waals surface area contributed by atoms with E-state index in [1.54, 1.807) is 0 Å². The van der Waals surface area contributed by atoms with Crippen molar-refractivity contribution in [3.05, 3.63) is 46.6 Å². The van der Waals surface area contributed by atoms with Gasteiger partial charge in [-0.25, -0.2) is 0 Å². The Morgan fingerprint density at radius 2 is 1.40 bits per heavy atom. The van der Waals surface area contributed by atoms with Crippen LogP contribution in [0.25, 0.3) is 22.3 Å². The van der Waals surface area contributed by atoms with Gasteiger partial charge >= 0.3 is 0 Å². The van der Waals surface area contributed by atoms with E-state index < -0.39 is 134 Å². The highest BCUT2D eigenvalue weighted by Crippen LogP contribution is 2.39. The third-order valence-electron chi connectivity index (χ3n) is 9.06. The highest BCUT2D eigenvalue weighted by Gasteiger charge is 2.54. The third-order valence-corrected chi connectivity index (χ3v) is 9.06. The summed E-state index contributed by atoms with van der Waals surface area (Å²) in [6, 6.07) is 7.20. The maximum atomic E-state index is 14.0. The molecule has 0 aliphatic carbocycles. The third kappa shape index (κ3) is 6.90. The van der Waals surface area contributed by atoms with Crippen LogP contribution in [-0.4, -0.2) is 167 Å². The molecule has 286 valence electrons. The topological polar surface area (TPSA) is 328 Å². The number of aliphatic hydroxyl groups is 10. The van der Waals surface area contributed by atoms with Crippen LogP contribution >= 0.6 is 0 Å². The van der Waals surface area contributed by atoms with Gasteiger partial charge in [0.1, 0.15) is 82.7 Å². The molecule has 0 spiro atoms. The molecule has 2 aromatic carbocycles. The first-order valence-corrected chi connectivity index (χ1v) is 15.9. The monoisotopic (exact) mass is 742 g/mol. The Balaban J connectivity index is 1.37. The maximum absolute atomic E-state index is 14.0. The van der Waals surface area contributed by atoms with Crippen molar-refractivity contribution in [3.8, 4) is 34.3 Å². The molecule has 0 saturated carbocycles. The molecule has 3 fully saturated rings. The molecule has 12 N–H and O–H groups in total. The van der Waals surface area contributed by atoms with Crippen molar-refractivity contribution in [3.63, 3.8) is 0 Å². The van der Waals surface area contributed by atoms with Gasteiger partial charge < -0.3 is 94.1 Å².